The maximum absolute atomic E-state index is 13.7. The first-order chi connectivity index (χ1) is 15.0. The molecule has 2 aromatic carbocycles. The van der Waals surface area contributed by atoms with Gasteiger partial charge in [0.2, 0.25) is 17.7 Å². The largest absolute Gasteiger partial charge is 0.368 e. The SMILES string of the molecule is CCc1cccc(-n2ncc3c2NC(=O)C[C@@]32C(=O)N(CC(N)=O)c3ccccc32)c1. The second-order valence-electron chi connectivity index (χ2n) is 7.85. The van der Waals surface area contributed by atoms with E-state index in [9.17, 15) is 14.4 Å². The minimum absolute atomic E-state index is 0.0637. The van der Waals surface area contributed by atoms with E-state index in [0.717, 1.165) is 17.7 Å². The number of anilines is 2. The quantitative estimate of drug-likeness (QED) is 0.678. The molecule has 0 saturated carbocycles. The molecule has 0 unspecified atom stereocenters. The smallest absolute Gasteiger partial charge is 0.243 e. The summed E-state index contributed by atoms with van der Waals surface area (Å²) < 4.78 is 1.65. The molecule has 2 aliphatic rings. The molecule has 0 saturated heterocycles. The Hall–Kier alpha value is -3.94. The Balaban J connectivity index is 1.73. The van der Waals surface area contributed by atoms with Gasteiger partial charge in [0.15, 0.2) is 0 Å². The number of benzene rings is 2. The minimum atomic E-state index is -1.25. The monoisotopic (exact) mass is 415 g/mol. The van der Waals surface area contributed by atoms with Gasteiger partial charge in [-0.1, -0.05) is 37.3 Å². The average molecular weight is 415 g/mol. The van der Waals surface area contributed by atoms with Gasteiger partial charge in [0.25, 0.3) is 0 Å². The van der Waals surface area contributed by atoms with Crippen LogP contribution in [-0.2, 0) is 26.2 Å². The second kappa shape index (κ2) is 6.80. The van der Waals surface area contributed by atoms with Crippen LogP contribution in [0.2, 0.25) is 0 Å². The summed E-state index contributed by atoms with van der Waals surface area (Å²) >= 11 is 0. The lowest BCUT2D eigenvalue weighted by molar-refractivity contribution is -0.127. The van der Waals surface area contributed by atoms with Crippen molar-refractivity contribution in [2.24, 2.45) is 5.73 Å². The minimum Gasteiger partial charge on any atom is -0.368 e. The molecule has 8 heteroatoms. The van der Waals surface area contributed by atoms with Crippen LogP contribution in [0.5, 0.6) is 0 Å². The number of hydrogen-bond donors (Lipinski definition) is 2. The highest BCUT2D eigenvalue weighted by atomic mass is 16.2. The lowest BCUT2D eigenvalue weighted by Gasteiger charge is -2.32. The van der Waals surface area contributed by atoms with Crippen LogP contribution in [0.1, 0.15) is 30.0 Å². The molecule has 31 heavy (non-hydrogen) atoms. The standard InChI is InChI=1S/C23H21N5O3/c1-2-14-6-5-7-15(10-14)28-21-17(12-25-28)23(11-20(30)26-21)16-8-3-4-9-18(16)27(22(23)31)13-19(24)29/h3-10,12H,2,11,13H2,1H3,(H2,24,29)(H,26,30)/t23-/m0/s1. The fraction of sp³-hybridized carbons (Fsp3) is 0.217. The van der Waals surface area contributed by atoms with Crippen molar-refractivity contribution in [3.8, 4) is 5.69 Å². The Morgan fingerprint density at radius 3 is 2.74 bits per heavy atom. The van der Waals surface area contributed by atoms with Crippen molar-refractivity contribution in [1.82, 2.24) is 9.78 Å². The number of aromatic nitrogens is 2. The van der Waals surface area contributed by atoms with Crippen LogP contribution in [0.25, 0.3) is 5.69 Å². The van der Waals surface area contributed by atoms with Crippen molar-refractivity contribution in [1.29, 1.82) is 0 Å². The Labute approximate surface area is 178 Å². The number of primary amides is 1. The zero-order chi connectivity index (χ0) is 21.8. The molecule has 0 fully saturated rings. The summed E-state index contributed by atoms with van der Waals surface area (Å²) in [6.45, 7) is 1.82. The first kappa shape index (κ1) is 19.0. The number of carbonyl (C=O) groups is 3. The fourth-order valence-electron chi connectivity index (χ4n) is 4.67. The van der Waals surface area contributed by atoms with Gasteiger partial charge in [-0.15, -0.1) is 0 Å². The van der Waals surface area contributed by atoms with E-state index < -0.39 is 11.3 Å². The number of nitrogens with two attached hydrogens (primary N) is 1. The lowest BCUT2D eigenvalue weighted by Crippen LogP contribution is -2.48. The number of aryl methyl sites for hydroxylation is 1. The van der Waals surface area contributed by atoms with Crippen molar-refractivity contribution < 1.29 is 14.4 Å². The number of hydrogen-bond acceptors (Lipinski definition) is 4. The van der Waals surface area contributed by atoms with Crippen LogP contribution < -0.4 is 16.0 Å². The van der Waals surface area contributed by atoms with Crippen molar-refractivity contribution in [3.05, 3.63) is 71.4 Å². The van der Waals surface area contributed by atoms with Gasteiger partial charge in [-0.3, -0.25) is 14.4 Å². The number of nitrogens with one attached hydrogen (secondary N) is 1. The van der Waals surface area contributed by atoms with Crippen LogP contribution in [0.4, 0.5) is 11.5 Å². The first-order valence-electron chi connectivity index (χ1n) is 10.1. The van der Waals surface area contributed by atoms with Gasteiger partial charge in [0, 0.05) is 17.7 Å². The zero-order valence-corrected chi connectivity index (χ0v) is 17.0. The number of fused-ring (bicyclic) bond motifs is 4. The summed E-state index contributed by atoms with van der Waals surface area (Å²) in [5.41, 5.74) is 7.97. The molecule has 2 aliphatic heterocycles. The maximum Gasteiger partial charge on any atom is 0.243 e. The second-order valence-corrected chi connectivity index (χ2v) is 7.85. The molecule has 3 heterocycles. The Morgan fingerprint density at radius 2 is 1.97 bits per heavy atom. The molecule has 8 nitrogen and oxygen atoms in total. The van der Waals surface area contributed by atoms with Crippen LogP contribution in [0.3, 0.4) is 0 Å². The number of carbonyl (C=O) groups excluding carboxylic acids is 3. The molecule has 1 atom stereocenters. The van der Waals surface area contributed by atoms with Gasteiger partial charge in [0.05, 0.1) is 11.9 Å². The number of amides is 3. The molecule has 3 aromatic rings. The molecular weight excluding hydrogens is 394 g/mol. The van der Waals surface area contributed by atoms with E-state index in [0.29, 0.717) is 22.6 Å². The fourth-order valence-corrected chi connectivity index (χ4v) is 4.67. The number of nitrogens with zero attached hydrogens (tertiary/aromatic N) is 3. The summed E-state index contributed by atoms with van der Waals surface area (Å²) in [6.07, 6.45) is 2.43. The number of rotatable bonds is 4. The Kier molecular flexibility index (Phi) is 4.18. The molecule has 0 bridgehead atoms. The van der Waals surface area contributed by atoms with E-state index in [1.807, 2.05) is 36.4 Å². The third-order valence-electron chi connectivity index (χ3n) is 6.05. The summed E-state index contributed by atoms with van der Waals surface area (Å²) in [5.74, 6) is -0.781. The lowest BCUT2D eigenvalue weighted by atomic mass is 9.72. The Bertz CT molecular complexity index is 1250. The zero-order valence-electron chi connectivity index (χ0n) is 17.0. The molecule has 3 amide bonds. The van der Waals surface area contributed by atoms with Crippen molar-refractivity contribution in [3.63, 3.8) is 0 Å². The highest BCUT2D eigenvalue weighted by molar-refractivity contribution is 6.17. The van der Waals surface area contributed by atoms with Crippen LogP contribution in [-0.4, -0.2) is 34.0 Å². The molecule has 0 radical (unpaired) electrons. The molecular formula is C23H21N5O3. The van der Waals surface area contributed by atoms with E-state index in [4.69, 9.17) is 5.73 Å². The first-order valence-corrected chi connectivity index (χ1v) is 10.1. The molecule has 3 N–H and O–H groups in total. The van der Waals surface area contributed by atoms with Crippen LogP contribution in [0, 0.1) is 0 Å². The number of para-hydroxylation sites is 1. The van der Waals surface area contributed by atoms with Crippen LogP contribution in [0.15, 0.2) is 54.7 Å². The molecule has 1 spiro atoms. The van der Waals surface area contributed by atoms with Crippen molar-refractivity contribution >= 4 is 29.2 Å². The predicted molar refractivity (Wildman–Crippen MR) is 115 cm³/mol. The van der Waals surface area contributed by atoms with Gasteiger partial charge in [-0.2, -0.15) is 5.10 Å². The highest BCUT2D eigenvalue weighted by Crippen LogP contribution is 2.52. The van der Waals surface area contributed by atoms with E-state index in [-0.39, 0.29) is 24.8 Å². The van der Waals surface area contributed by atoms with Gasteiger partial charge in [0.1, 0.15) is 17.8 Å². The van der Waals surface area contributed by atoms with Gasteiger partial charge >= 0.3 is 0 Å². The average Bonchev–Trinajstić information content (AvgIpc) is 3.28. The third-order valence-corrected chi connectivity index (χ3v) is 6.05. The molecule has 1 aromatic heterocycles. The van der Waals surface area contributed by atoms with Gasteiger partial charge in [-0.05, 0) is 35.7 Å². The van der Waals surface area contributed by atoms with E-state index in [1.165, 1.54) is 4.90 Å². The summed E-state index contributed by atoms with van der Waals surface area (Å²) in [7, 11) is 0. The van der Waals surface area contributed by atoms with Crippen molar-refractivity contribution in [2.75, 3.05) is 16.8 Å². The third kappa shape index (κ3) is 2.68. The van der Waals surface area contributed by atoms with E-state index in [2.05, 4.69) is 17.3 Å². The predicted octanol–water partition coefficient (Wildman–Crippen LogP) is 1.89. The summed E-state index contributed by atoms with van der Waals surface area (Å²) in [6, 6.07) is 15.1. The summed E-state index contributed by atoms with van der Waals surface area (Å²) in [4.78, 5) is 39.6. The Morgan fingerprint density at radius 1 is 1.16 bits per heavy atom. The highest BCUT2D eigenvalue weighted by Gasteiger charge is 2.57. The molecule has 156 valence electrons. The van der Waals surface area contributed by atoms with E-state index in [1.54, 1.807) is 23.0 Å². The van der Waals surface area contributed by atoms with Crippen molar-refractivity contribution in [2.45, 2.75) is 25.2 Å². The van der Waals surface area contributed by atoms with Crippen LogP contribution >= 0.6 is 0 Å². The normalized spacial score (nSPS) is 19.3. The molecule has 0 aliphatic carbocycles. The van der Waals surface area contributed by atoms with Gasteiger partial charge in [-0.25, -0.2) is 4.68 Å². The topological polar surface area (TPSA) is 110 Å². The van der Waals surface area contributed by atoms with Gasteiger partial charge < -0.3 is 16.0 Å². The maximum atomic E-state index is 13.7. The molecule has 5 rings (SSSR count). The summed E-state index contributed by atoms with van der Waals surface area (Å²) in [5, 5.41) is 7.43. The van der Waals surface area contributed by atoms with E-state index >= 15 is 0 Å².